The Bertz CT molecular complexity index is 1140. The van der Waals surface area contributed by atoms with E-state index in [1.807, 2.05) is 46.8 Å². The standard InChI is InChI=1S/C28H35NO6/c1-16-22-19(12-13-29-26(22)31)23(20-7-6-14-32-20)25-24(16)34-28(5,35-25)18-10-8-17(9-11-18)15-21(30)33-27(2,3)4/h6-7,14,17-18H,8-13,15H2,1-5H3,(H,29,31). The molecule has 0 radical (unpaired) electrons. The number of carbonyl (C=O) groups is 2. The first-order chi connectivity index (χ1) is 16.6. The van der Waals surface area contributed by atoms with Gasteiger partial charge in [-0.3, -0.25) is 9.59 Å². The van der Waals surface area contributed by atoms with Crippen LogP contribution in [0, 0.1) is 18.8 Å². The van der Waals surface area contributed by atoms with Gasteiger partial charge in [0.15, 0.2) is 11.5 Å². The molecular weight excluding hydrogens is 446 g/mol. The Balaban J connectivity index is 1.38. The van der Waals surface area contributed by atoms with Gasteiger partial charge in [-0.1, -0.05) is 0 Å². The lowest BCUT2D eigenvalue weighted by molar-refractivity contribution is -0.157. The summed E-state index contributed by atoms with van der Waals surface area (Å²) in [5, 5.41) is 2.96. The van der Waals surface area contributed by atoms with Crippen LogP contribution >= 0.6 is 0 Å². The number of amides is 1. The summed E-state index contributed by atoms with van der Waals surface area (Å²) in [6.07, 6.45) is 6.43. The number of esters is 1. The molecule has 0 bridgehead atoms. The van der Waals surface area contributed by atoms with Crippen LogP contribution in [0.2, 0.25) is 0 Å². The van der Waals surface area contributed by atoms with E-state index in [-0.39, 0.29) is 17.8 Å². The van der Waals surface area contributed by atoms with Crippen molar-refractivity contribution in [1.29, 1.82) is 0 Å². The van der Waals surface area contributed by atoms with E-state index in [1.54, 1.807) is 6.26 Å². The highest BCUT2D eigenvalue weighted by Crippen LogP contribution is 2.55. The molecule has 188 valence electrons. The number of carbonyl (C=O) groups excluding carboxylic acids is 2. The van der Waals surface area contributed by atoms with Crippen molar-refractivity contribution in [2.24, 2.45) is 11.8 Å². The van der Waals surface area contributed by atoms with Crippen molar-refractivity contribution in [3.8, 4) is 22.8 Å². The Morgan fingerprint density at radius 2 is 1.86 bits per heavy atom. The van der Waals surface area contributed by atoms with Gasteiger partial charge in [0.1, 0.15) is 11.4 Å². The second kappa shape index (κ2) is 8.61. The molecule has 1 aromatic heterocycles. The number of hydrogen-bond acceptors (Lipinski definition) is 6. The van der Waals surface area contributed by atoms with Crippen LogP contribution in [-0.4, -0.2) is 29.8 Å². The molecule has 1 aromatic carbocycles. The number of benzene rings is 1. The summed E-state index contributed by atoms with van der Waals surface area (Å²) in [6, 6.07) is 3.75. The molecule has 3 heterocycles. The SMILES string of the molecule is Cc1c2c(c(-c3ccco3)c3c1C(=O)NCC3)OC(C)(C1CCC(CC(=O)OC(C)(C)C)CC1)O2. The van der Waals surface area contributed by atoms with Crippen LogP contribution in [0.4, 0.5) is 0 Å². The van der Waals surface area contributed by atoms with Crippen molar-refractivity contribution in [2.45, 2.75) is 84.5 Å². The highest BCUT2D eigenvalue weighted by molar-refractivity contribution is 6.02. The number of nitrogens with one attached hydrogen (secondary N) is 1. The molecule has 0 saturated heterocycles. The Morgan fingerprint density at radius 1 is 1.14 bits per heavy atom. The third-order valence-corrected chi connectivity index (χ3v) is 7.48. The maximum atomic E-state index is 12.8. The van der Waals surface area contributed by atoms with E-state index in [4.69, 9.17) is 18.6 Å². The van der Waals surface area contributed by atoms with Crippen molar-refractivity contribution in [2.75, 3.05) is 6.54 Å². The average molecular weight is 482 g/mol. The average Bonchev–Trinajstić information content (AvgIpc) is 3.42. The van der Waals surface area contributed by atoms with E-state index in [0.717, 1.165) is 42.4 Å². The zero-order chi connectivity index (χ0) is 25.0. The summed E-state index contributed by atoms with van der Waals surface area (Å²) >= 11 is 0. The smallest absolute Gasteiger partial charge is 0.306 e. The molecule has 1 aliphatic carbocycles. The Hall–Kier alpha value is -2.96. The second-order valence-corrected chi connectivity index (χ2v) is 11.2. The Labute approximate surface area is 206 Å². The summed E-state index contributed by atoms with van der Waals surface area (Å²) in [4.78, 5) is 25.1. The zero-order valence-corrected chi connectivity index (χ0v) is 21.3. The van der Waals surface area contributed by atoms with Gasteiger partial charge in [0, 0.05) is 31.4 Å². The van der Waals surface area contributed by atoms with Gasteiger partial charge in [0.2, 0.25) is 0 Å². The maximum absolute atomic E-state index is 12.8. The molecule has 1 N–H and O–H groups in total. The highest BCUT2D eigenvalue weighted by Gasteiger charge is 2.49. The fourth-order valence-corrected chi connectivity index (χ4v) is 5.84. The number of furan rings is 1. The molecule has 5 rings (SSSR count). The molecule has 2 aromatic rings. The van der Waals surface area contributed by atoms with Gasteiger partial charge < -0.3 is 23.9 Å². The first-order valence-electron chi connectivity index (χ1n) is 12.7. The molecule has 2 aliphatic heterocycles. The van der Waals surface area contributed by atoms with Gasteiger partial charge in [-0.2, -0.15) is 0 Å². The second-order valence-electron chi connectivity index (χ2n) is 11.2. The number of hydrogen-bond donors (Lipinski definition) is 1. The quantitative estimate of drug-likeness (QED) is 0.575. The van der Waals surface area contributed by atoms with E-state index in [9.17, 15) is 9.59 Å². The first-order valence-corrected chi connectivity index (χ1v) is 12.7. The van der Waals surface area contributed by atoms with Crippen molar-refractivity contribution >= 4 is 11.9 Å². The maximum Gasteiger partial charge on any atom is 0.306 e. The van der Waals surface area contributed by atoms with Crippen LogP contribution < -0.4 is 14.8 Å². The summed E-state index contributed by atoms with van der Waals surface area (Å²) < 4.78 is 24.5. The van der Waals surface area contributed by atoms with Crippen LogP contribution in [0.3, 0.4) is 0 Å². The normalized spacial score (nSPS) is 25.7. The lowest BCUT2D eigenvalue weighted by Gasteiger charge is -2.37. The molecule has 1 unspecified atom stereocenters. The third kappa shape index (κ3) is 4.41. The largest absolute Gasteiger partial charge is 0.464 e. The van der Waals surface area contributed by atoms with Crippen LogP contribution in [0.15, 0.2) is 22.8 Å². The summed E-state index contributed by atoms with van der Waals surface area (Å²) in [5.74, 6) is 1.40. The van der Waals surface area contributed by atoms with E-state index < -0.39 is 11.4 Å². The summed E-state index contributed by atoms with van der Waals surface area (Å²) in [6.45, 7) is 10.2. The molecule has 7 nitrogen and oxygen atoms in total. The fraction of sp³-hybridized carbons (Fsp3) is 0.571. The third-order valence-electron chi connectivity index (χ3n) is 7.48. The molecule has 1 atom stereocenters. The molecule has 35 heavy (non-hydrogen) atoms. The van der Waals surface area contributed by atoms with Crippen molar-refractivity contribution in [3.63, 3.8) is 0 Å². The summed E-state index contributed by atoms with van der Waals surface area (Å²) in [7, 11) is 0. The van der Waals surface area contributed by atoms with E-state index in [1.165, 1.54) is 0 Å². The molecule has 1 fully saturated rings. The monoisotopic (exact) mass is 481 g/mol. The number of rotatable bonds is 4. The number of fused-ring (bicyclic) bond motifs is 2. The molecular formula is C28H35NO6. The molecule has 7 heteroatoms. The van der Waals surface area contributed by atoms with E-state index in [0.29, 0.717) is 48.1 Å². The molecule has 3 aliphatic rings. The molecule has 1 amide bonds. The molecule has 1 saturated carbocycles. The van der Waals surface area contributed by atoms with Gasteiger partial charge in [-0.05, 0) is 83.4 Å². The minimum Gasteiger partial charge on any atom is -0.464 e. The minimum atomic E-state index is -0.842. The lowest BCUT2D eigenvalue weighted by Crippen LogP contribution is -2.45. The van der Waals surface area contributed by atoms with Crippen molar-refractivity contribution in [3.05, 3.63) is 35.1 Å². The zero-order valence-electron chi connectivity index (χ0n) is 21.3. The van der Waals surface area contributed by atoms with Crippen LogP contribution in [0.1, 0.15) is 81.3 Å². The van der Waals surface area contributed by atoms with Crippen LogP contribution in [-0.2, 0) is 16.0 Å². The first kappa shape index (κ1) is 23.8. The van der Waals surface area contributed by atoms with Crippen LogP contribution in [0.5, 0.6) is 11.5 Å². The summed E-state index contributed by atoms with van der Waals surface area (Å²) in [5.41, 5.74) is 2.79. The predicted molar refractivity (Wildman–Crippen MR) is 130 cm³/mol. The van der Waals surface area contributed by atoms with E-state index >= 15 is 0 Å². The fourth-order valence-electron chi connectivity index (χ4n) is 5.84. The highest BCUT2D eigenvalue weighted by atomic mass is 16.7. The van der Waals surface area contributed by atoms with Crippen LogP contribution in [0.25, 0.3) is 11.3 Å². The van der Waals surface area contributed by atoms with Crippen molar-refractivity contribution < 1.29 is 28.2 Å². The van der Waals surface area contributed by atoms with Gasteiger partial charge in [0.25, 0.3) is 11.7 Å². The minimum absolute atomic E-state index is 0.0841. The van der Waals surface area contributed by atoms with Gasteiger partial charge >= 0.3 is 5.97 Å². The number of ether oxygens (including phenoxy) is 3. The van der Waals surface area contributed by atoms with E-state index in [2.05, 4.69) is 5.32 Å². The Kier molecular flexibility index (Phi) is 5.85. The van der Waals surface area contributed by atoms with Crippen molar-refractivity contribution in [1.82, 2.24) is 5.32 Å². The van der Waals surface area contributed by atoms with Gasteiger partial charge in [-0.25, -0.2) is 0 Å². The lowest BCUT2D eigenvalue weighted by atomic mass is 9.77. The van der Waals surface area contributed by atoms with Gasteiger partial charge in [0.05, 0.1) is 17.4 Å². The predicted octanol–water partition coefficient (Wildman–Crippen LogP) is 5.57. The molecule has 0 spiro atoms. The van der Waals surface area contributed by atoms with Gasteiger partial charge in [-0.15, -0.1) is 0 Å². The topological polar surface area (TPSA) is 87.0 Å². The Morgan fingerprint density at radius 3 is 2.51 bits per heavy atom.